The van der Waals surface area contributed by atoms with Gasteiger partial charge in [-0.3, -0.25) is 0 Å². The highest BCUT2D eigenvalue weighted by atomic mass is 19.4. The Hall–Kier alpha value is -1.82. The van der Waals surface area contributed by atoms with Crippen LogP contribution in [0.25, 0.3) is 0 Å². The number of halogens is 26. The van der Waals surface area contributed by atoms with Crippen molar-refractivity contribution in [3.63, 3.8) is 0 Å². The lowest BCUT2D eigenvalue weighted by molar-refractivity contribution is -0.543. The molecule has 0 unspecified atom stereocenters. The second-order valence-electron chi connectivity index (χ2n) is 8.21. The predicted octanol–water partition coefficient (Wildman–Crippen LogP) is 8.05. The summed E-state index contributed by atoms with van der Waals surface area (Å²) in [6.07, 6.45) is 0. The molecule has 40 heavy (non-hydrogen) atoms. The third-order valence-corrected chi connectivity index (χ3v) is 6.14. The van der Waals surface area contributed by atoms with E-state index in [1.54, 1.807) is 0 Å². The van der Waals surface area contributed by atoms with Crippen LogP contribution in [0.1, 0.15) is 0 Å². The number of hydrogen-bond acceptors (Lipinski definition) is 0. The Kier molecular flexibility index (Phi) is 6.19. The molecule has 2 fully saturated rings. The van der Waals surface area contributed by atoms with Crippen LogP contribution in [0.15, 0.2) is 0 Å². The van der Waals surface area contributed by atoms with Crippen molar-refractivity contribution in [3.05, 3.63) is 0 Å². The van der Waals surface area contributed by atoms with Crippen molar-refractivity contribution in [1.82, 2.24) is 0 Å². The quantitative estimate of drug-likeness (QED) is 0.269. The summed E-state index contributed by atoms with van der Waals surface area (Å²) < 4.78 is 355. The minimum atomic E-state index is -10.0. The second-order valence-corrected chi connectivity index (χ2v) is 8.21. The van der Waals surface area contributed by atoms with Crippen LogP contribution in [0, 0.1) is 0 Å². The van der Waals surface area contributed by atoms with E-state index in [9.17, 15) is 114 Å². The summed E-state index contributed by atoms with van der Waals surface area (Å²) in [6, 6.07) is 0. The summed E-state index contributed by atoms with van der Waals surface area (Å²) >= 11 is 0. The first kappa shape index (κ1) is 34.4. The number of hydrogen-bond donors (Lipinski definition) is 0. The van der Waals surface area contributed by atoms with E-state index in [0.717, 1.165) is 0 Å². The standard InChI is InChI=1S/C14F26/c15-1(5(21,22)9(29,30)13(37,38)10(31,32)6(1,23)24)3(17,18)4(19,20)2(16)7(25,26)11(33,34)14(39,40)12(35,36)8(2,27)28. The molecule has 0 spiro atoms. The predicted molar refractivity (Wildman–Crippen MR) is 67.0 cm³/mol. The molecule has 0 aliphatic heterocycles. The summed E-state index contributed by atoms with van der Waals surface area (Å²) in [5.74, 6) is -110. The van der Waals surface area contributed by atoms with Crippen LogP contribution in [0.3, 0.4) is 0 Å². The summed E-state index contributed by atoms with van der Waals surface area (Å²) in [5.41, 5.74) is -19.6. The van der Waals surface area contributed by atoms with Crippen LogP contribution in [0.4, 0.5) is 114 Å². The molecule has 0 saturated heterocycles. The van der Waals surface area contributed by atoms with Gasteiger partial charge in [0, 0.05) is 0 Å². The zero-order valence-corrected chi connectivity index (χ0v) is 16.8. The van der Waals surface area contributed by atoms with Crippen molar-refractivity contribution in [2.45, 2.75) is 82.4 Å². The molecule has 2 aliphatic carbocycles. The van der Waals surface area contributed by atoms with Gasteiger partial charge in [0.25, 0.3) is 0 Å². The Balaban J connectivity index is 3.19. The van der Waals surface area contributed by atoms with E-state index in [-0.39, 0.29) is 0 Å². The van der Waals surface area contributed by atoms with E-state index >= 15 is 0 Å². The van der Waals surface area contributed by atoms with E-state index in [2.05, 4.69) is 0 Å². The molecule has 0 bridgehead atoms. The van der Waals surface area contributed by atoms with Gasteiger partial charge in [-0.25, -0.2) is 8.78 Å². The van der Waals surface area contributed by atoms with Gasteiger partial charge >= 0.3 is 82.4 Å². The van der Waals surface area contributed by atoms with E-state index in [1.807, 2.05) is 0 Å². The average molecular weight is 662 g/mol. The SMILES string of the molecule is FC1(F)C(F)(F)C(F)(F)C(F)(C(F)(F)C(F)(F)C2(F)C(F)(F)C(F)(F)C(F)(F)C(F)(F)C2(F)F)C(F)(F)C1(F)F. The molecule has 0 N–H and O–H groups in total. The van der Waals surface area contributed by atoms with Gasteiger partial charge in [-0.1, -0.05) is 0 Å². The molecule has 0 atom stereocenters. The maximum Gasteiger partial charge on any atom is 0.384 e. The zero-order valence-electron chi connectivity index (χ0n) is 16.8. The topological polar surface area (TPSA) is 0 Å². The molecule has 0 amide bonds. The van der Waals surface area contributed by atoms with Gasteiger partial charge in [-0.15, -0.1) is 0 Å². The number of alkyl halides is 26. The van der Waals surface area contributed by atoms with Crippen LogP contribution in [0.2, 0.25) is 0 Å². The lowest BCUT2D eigenvalue weighted by atomic mass is 9.62. The molecule has 26 heteroatoms. The fourth-order valence-electron chi connectivity index (χ4n) is 3.66. The van der Waals surface area contributed by atoms with Crippen LogP contribution >= 0.6 is 0 Å². The van der Waals surface area contributed by atoms with Crippen molar-refractivity contribution in [1.29, 1.82) is 0 Å². The molecule has 0 radical (unpaired) electrons. The Bertz CT molecular complexity index is 915. The monoisotopic (exact) mass is 662 g/mol. The molecule has 0 heterocycles. The minimum absolute atomic E-state index is 8.55. The molecular formula is C14F26. The first-order valence-electron chi connectivity index (χ1n) is 8.66. The smallest absolute Gasteiger partial charge is 0.223 e. The summed E-state index contributed by atoms with van der Waals surface area (Å²) in [5, 5.41) is 0. The van der Waals surface area contributed by atoms with Crippen molar-refractivity contribution < 1.29 is 114 Å². The molecule has 0 aromatic heterocycles. The first-order chi connectivity index (χ1) is 16.8. The largest absolute Gasteiger partial charge is 0.384 e. The average Bonchev–Trinajstić information content (AvgIpc) is 2.74. The summed E-state index contributed by atoms with van der Waals surface area (Å²) in [6.45, 7) is 0. The van der Waals surface area contributed by atoms with Gasteiger partial charge in [0.2, 0.25) is 0 Å². The molecule has 2 aliphatic rings. The van der Waals surface area contributed by atoms with Crippen molar-refractivity contribution in [2.75, 3.05) is 0 Å². The van der Waals surface area contributed by atoms with Crippen molar-refractivity contribution in [2.24, 2.45) is 0 Å². The lowest BCUT2D eigenvalue weighted by Crippen LogP contribution is -2.93. The Labute approximate surface area is 198 Å². The van der Waals surface area contributed by atoms with E-state index in [4.69, 9.17) is 0 Å². The molecular weight excluding hydrogens is 662 g/mol. The normalized spacial score (nSPS) is 33.1. The van der Waals surface area contributed by atoms with Gasteiger partial charge in [-0.2, -0.15) is 105 Å². The highest BCUT2D eigenvalue weighted by Gasteiger charge is 3.12. The highest BCUT2D eigenvalue weighted by Crippen LogP contribution is 2.78. The molecule has 0 nitrogen and oxygen atoms in total. The molecule has 2 saturated carbocycles. The van der Waals surface area contributed by atoms with Crippen LogP contribution in [-0.2, 0) is 0 Å². The lowest BCUT2D eigenvalue weighted by Gasteiger charge is -2.58. The summed E-state index contributed by atoms with van der Waals surface area (Å²) in [4.78, 5) is 0. The van der Waals surface area contributed by atoms with E-state index in [1.165, 1.54) is 0 Å². The fraction of sp³-hybridized carbons (Fsp3) is 1.00. The van der Waals surface area contributed by atoms with Crippen LogP contribution in [0.5, 0.6) is 0 Å². The van der Waals surface area contributed by atoms with Crippen LogP contribution in [-0.4, -0.2) is 82.4 Å². The fourth-order valence-corrected chi connectivity index (χ4v) is 3.66. The van der Waals surface area contributed by atoms with Gasteiger partial charge < -0.3 is 0 Å². The Morgan fingerprint density at radius 3 is 0.425 bits per heavy atom. The van der Waals surface area contributed by atoms with Gasteiger partial charge in [0.1, 0.15) is 0 Å². The molecule has 238 valence electrons. The van der Waals surface area contributed by atoms with Gasteiger partial charge in [0.15, 0.2) is 0 Å². The molecule has 2 rings (SSSR count). The van der Waals surface area contributed by atoms with Crippen molar-refractivity contribution >= 4 is 0 Å². The minimum Gasteiger partial charge on any atom is -0.223 e. The molecule has 0 aromatic carbocycles. The van der Waals surface area contributed by atoms with Crippen molar-refractivity contribution in [3.8, 4) is 0 Å². The Morgan fingerprint density at radius 1 is 0.200 bits per heavy atom. The third-order valence-electron chi connectivity index (χ3n) is 6.14. The second kappa shape index (κ2) is 7.21. The zero-order chi connectivity index (χ0) is 33.0. The van der Waals surface area contributed by atoms with Gasteiger partial charge in [-0.05, 0) is 0 Å². The highest BCUT2D eigenvalue weighted by molar-refractivity contribution is 5.37. The Morgan fingerprint density at radius 2 is 0.300 bits per heavy atom. The molecule has 0 aromatic rings. The first-order valence-corrected chi connectivity index (χ1v) is 8.66. The summed E-state index contributed by atoms with van der Waals surface area (Å²) in [7, 11) is 0. The number of rotatable bonds is 3. The van der Waals surface area contributed by atoms with Gasteiger partial charge in [0.05, 0.1) is 0 Å². The van der Waals surface area contributed by atoms with E-state index < -0.39 is 82.4 Å². The maximum atomic E-state index is 14.5. The van der Waals surface area contributed by atoms with Crippen LogP contribution < -0.4 is 0 Å². The van der Waals surface area contributed by atoms with E-state index in [0.29, 0.717) is 0 Å². The third kappa shape index (κ3) is 2.52. The maximum absolute atomic E-state index is 14.5.